The van der Waals surface area contributed by atoms with Crippen LogP contribution in [0.2, 0.25) is 5.02 Å². The Morgan fingerprint density at radius 2 is 1.88 bits per heavy atom. The minimum absolute atomic E-state index is 0.0279. The molecule has 0 unspecified atom stereocenters. The molecule has 26 heavy (non-hydrogen) atoms. The van der Waals surface area contributed by atoms with Gasteiger partial charge in [-0.1, -0.05) is 39.7 Å². The second-order valence-electron chi connectivity index (χ2n) is 5.39. The lowest BCUT2D eigenvalue weighted by molar-refractivity contribution is -0.117. The highest BCUT2D eigenvalue weighted by molar-refractivity contribution is 9.10. The summed E-state index contributed by atoms with van der Waals surface area (Å²) in [6, 6.07) is 14.1. The Balaban J connectivity index is 1.80. The third-order valence-electron chi connectivity index (χ3n) is 3.51. The first kappa shape index (κ1) is 18.3. The van der Waals surface area contributed by atoms with Gasteiger partial charge in [0, 0.05) is 21.1 Å². The van der Waals surface area contributed by atoms with E-state index in [4.69, 9.17) is 11.6 Å². The number of amides is 1. The summed E-state index contributed by atoms with van der Waals surface area (Å²) in [5, 5.41) is 7.20. The smallest absolute Gasteiger partial charge is 0.267 e. The molecule has 2 aromatic carbocycles. The SMILES string of the molecule is O=C(Cn1nc(-c2ccc(Cl)cc2)ccc1=O)Nc1ccc(Br)cc1F. The fraction of sp³-hybridized carbons (Fsp3) is 0.0556. The van der Waals surface area contributed by atoms with E-state index in [1.54, 1.807) is 36.4 Å². The van der Waals surface area contributed by atoms with Crippen LogP contribution in [0.25, 0.3) is 11.3 Å². The second kappa shape index (κ2) is 7.80. The molecule has 3 rings (SSSR count). The molecule has 0 atom stereocenters. The zero-order valence-electron chi connectivity index (χ0n) is 13.2. The number of carbonyl (C=O) groups is 1. The lowest BCUT2D eigenvalue weighted by Gasteiger charge is -2.09. The van der Waals surface area contributed by atoms with Crippen LogP contribution in [0.15, 0.2) is 63.9 Å². The molecule has 1 N–H and O–H groups in total. The van der Waals surface area contributed by atoms with Crippen LogP contribution in [0.4, 0.5) is 10.1 Å². The quantitative estimate of drug-likeness (QED) is 0.670. The molecule has 0 aliphatic heterocycles. The number of benzene rings is 2. The lowest BCUT2D eigenvalue weighted by Crippen LogP contribution is -2.29. The first-order chi connectivity index (χ1) is 12.4. The van der Waals surface area contributed by atoms with Gasteiger partial charge in [-0.05, 0) is 36.4 Å². The van der Waals surface area contributed by atoms with Crippen LogP contribution < -0.4 is 10.9 Å². The average molecular weight is 437 g/mol. The van der Waals surface area contributed by atoms with E-state index >= 15 is 0 Å². The van der Waals surface area contributed by atoms with E-state index in [1.165, 1.54) is 18.2 Å². The molecule has 0 saturated carbocycles. The predicted molar refractivity (Wildman–Crippen MR) is 102 cm³/mol. The fourth-order valence-corrected chi connectivity index (χ4v) is 2.71. The first-order valence-electron chi connectivity index (χ1n) is 7.51. The Morgan fingerprint density at radius 3 is 2.58 bits per heavy atom. The third-order valence-corrected chi connectivity index (χ3v) is 4.25. The molecule has 1 heterocycles. The summed E-state index contributed by atoms with van der Waals surface area (Å²) in [4.78, 5) is 24.1. The van der Waals surface area contributed by atoms with Gasteiger partial charge < -0.3 is 5.32 Å². The van der Waals surface area contributed by atoms with Crippen molar-refractivity contribution in [2.45, 2.75) is 6.54 Å². The van der Waals surface area contributed by atoms with Gasteiger partial charge in [-0.3, -0.25) is 9.59 Å². The Kier molecular flexibility index (Phi) is 5.49. The molecule has 0 fully saturated rings. The van der Waals surface area contributed by atoms with Crippen molar-refractivity contribution in [1.29, 1.82) is 0 Å². The zero-order valence-corrected chi connectivity index (χ0v) is 15.6. The normalized spacial score (nSPS) is 10.6. The summed E-state index contributed by atoms with van der Waals surface area (Å²) in [6.07, 6.45) is 0. The molecule has 1 amide bonds. The van der Waals surface area contributed by atoms with E-state index in [2.05, 4.69) is 26.3 Å². The maximum absolute atomic E-state index is 13.8. The molecule has 5 nitrogen and oxygen atoms in total. The summed E-state index contributed by atoms with van der Waals surface area (Å²) >= 11 is 9.01. The van der Waals surface area contributed by atoms with E-state index in [0.717, 1.165) is 10.2 Å². The van der Waals surface area contributed by atoms with Crippen LogP contribution in [-0.2, 0) is 11.3 Å². The van der Waals surface area contributed by atoms with E-state index < -0.39 is 17.3 Å². The number of anilines is 1. The fourth-order valence-electron chi connectivity index (χ4n) is 2.25. The maximum Gasteiger partial charge on any atom is 0.267 e. The van der Waals surface area contributed by atoms with Gasteiger partial charge in [0.2, 0.25) is 5.91 Å². The molecule has 0 bridgehead atoms. The van der Waals surface area contributed by atoms with Gasteiger partial charge in [-0.2, -0.15) is 5.10 Å². The largest absolute Gasteiger partial charge is 0.322 e. The molecular formula is C18H12BrClFN3O2. The van der Waals surface area contributed by atoms with Crippen LogP contribution in [0, 0.1) is 5.82 Å². The second-order valence-corrected chi connectivity index (χ2v) is 6.75. The molecule has 0 spiro atoms. The van der Waals surface area contributed by atoms with Crippen LogP contribution in [0.5, 0.6) is 0 Å². The highest BCUT2D eigenvalue weighted by Crippen LogP contribution is 2.20. The number of nitrogens with zero attached hydrogens (tertiary/aromatic N) is 2. The molecule has 3 aromatic rings. The van der Waals surface area contributed by atoms with Gasteiger partial charge >= 0.3 is 0 Å². The highest BCUT2D eigenvalue weighted by atomic mass is 79.9. The van der Waals surface area contributed by atoms with Crippen molar-refractivity contribution in [3.05, 3.63) is 80.3 Å². The summed E-state index contributed by atoms with van der Waals surface area (Å²) < 4.78 is 15.4. The summed E-state index contributed by atoms with van der Waals surface area (Å²) in [6.45, 7) is -0.338. The standard InChI is InChI=1S/C18H12BrClFN3O2/c19-12-3-6-16(14(21)9-12)22-17(25)10-24-18(26)8-7-15(23-24)11-1-4-13(20)5-2-11/h1-9H,10H2,(H,22,25). The number of hydrogen-bond donors (Lipinski definition) is 1. The van der Waals surface area contributed by atoms with E-state index in [0.29, 0.717) is 15.2 Å². The molecule has 0 aliphatic rings. The van der Waals surface area contributed by atoms with Crippen molar-refractivity contribution in [3.63, 3.8) is 0 Å². The van der Waals surface area contributed by atoms with Crippen molar-refractivity contribution in [1.82, 2.24) is 9.78 Å². The summed E-state index contributed by atoms with van der Waals surface area (Å²) in [5.74, 6) is -1.14. The monoisotopic (exact) mass is 435 g/mol. The molecule has 8 heteroatoms. The molecule has 1 aromatic heterocycles. The Labute approximate surface area is 161 Å². The van der Waals surface area contributed by atoms with Crippen LogP contribution in [-0.4, -0.2) is 15.7 Å². The van der Waals surface area contributed by atoms with Crippen molar-refractivity contribution in [3.8, 4) is 11.3 Å². The van der Waals surface area contributed by atoms with Crippen molar-refractivity contribution in [2.24, 2.45) is 0 Å². The summed E-state index contributed by atoms with van der Waals surface area (Å²) in [7, 11) is 0. The van der Waals surface area contributed by atoms with Crippen LogP contribution in [0.3, 0.4) is 0 Å². The van der Waals surface area contributed by atoms with Crippen molar-refractivity contribution in [2.75, 3.05) is 5.32 Å². The van der Waals surface area contributed by atoms with E-state index in [-0.39, 0.29) is 12.2 Å². The number of aromatic nitrogens is 2. The Bertz CT molecular complexity index is 1020. The van der Waals surface area contributed by atoms with E-state index in [1.807, 2.05) is 0 Å². The average Bonchev–Trinajstić information content (AvgIpc) is 2.60. The van der Waals surface area contributed by atoms with Gasteiger partial charge in [0.25, 0.3) is 5.56 Å². The van der Waals surface area contributed by atoms with Gasteiger partial charge in [0.1, 0.15) is 12.4 Å². The van der Waals surface area contributed by atoms with Gasteiger partial charge in [0.05, 0.1) is 11.4 Å². The molecule has 0 saturated heterocycles. The van der Waals surface area contributed by atoms with E-state index in [9.17, 15) is 14.0 Å². The lowest BCUT2D eigenvalue weighted by atomic mass is 10.1. The Morgan fingerprint density at radius 1 is 1.15 bits per heavy atom. The van der Waals surface area contributed by atoms with Crippen LogP contribution >= 0.6 is 27.5 Å². The number of nitrogens with one attached hydrogen (secondary N) is 1. The van der Waals surface area contributed by atoms with Gasteiger partial charge in [-0.25, -0.2) is 9.07 Å². The van der Waals surface area contributed by atoms with Crippen LogP contribution in [0.1, 0.15) is 0 Å². The predicted octanol–water partition coefficient (Wildman–Crippen LogP) is 4.10. The van der Waals surface area contributed by atoms with Gasteiger partial charge in [-0.15, -0.1) is 0 Å². The molecule has 0 radical (unpaired) electrons. The minimum Gasteiger partial charge on any atom is -0.322 e. The Hall–Kier alpha value is -2.51. The number of rotatable bonds is 4. The number of carbonyl (C=O) groups excluding carboxylic acids is 1. The highest BCUT2D eigenvalue weighted by Gasteiger charge is 2.11. The van der Waals surface area contributed by atoms with Crippen molar-refractivity contribution >= 4 is 39.1 Å². The molecule has 132 valence electrons. The summed E-state index contributed by atoms with van der Waals surface area (Å²) in [5.41, 5.74) is 0.862. The van der Waals surface area contributed by atoms with Crippen molar-refractivity contribution < 1.29 is 9.18 Å². The number of hydrogen-bond acceptors (Lipinski definition) is 3. The topological polar surface area (TPSA) is 64.0 Å². The number of halogens is 3. The van der Waals surface area contributed by atoms with Gasteiger partial charge in [0.15, 0.2) is 0 Å². The third kappa shape index (κ3) is 4.36. The zero-order chi connectivity index (χ0) is 18.7. The molecule has 0 aliphatic carbocycles. The minimum atomic E-state index is -0.581. The maximum atomic E-state index is 13.8. The first-order valence-corrected chi connectivity index (χ1v) is 8.68. The molecular weight excluding hydrogens is 425 g/mol.